The molecule has 0 unspecified atom stereocenters. The minimum absolute atomic E-state index is 0.167. The fourth-order valence-corrected chi connectivity index (χ4v) is 1.52. The largest absolute Gasteiger partial charge is 0.493 e. The average Bonchev–Trinajstić information content (AvgIpc) is 2.39. The number of hydrogen-bond donors (Lipinski definition) is 2. The SMILES string of the molecule is CCNC(=O)c1cccc(OC)c1OCCCN. The average molecular weight is 252 g/mol. The Bertz CT molecular complexity index is 394. The van der Waals surface area contributed by atoms with E-state index < -0.39 is 0 Å². The number of benzene rings is 1. The molecule has 18 heavy (non-hydrogen) atoms. The van der Waals surface area contributed by atoms with E-state index in [1.54, 1.807) is 25.3 Å². The Morgan fingerprint density at radius 3 is 2.83 bits per heavy atom. The highest BCUT2D eigenvalue weighted by atomic mass is 16.5. The predicted octanol–water partition coefficient (Wildman–Crippen LogP) is 1.17. The number of rotatable bonds is 7. The first kappa shape index (κ1) is 14.3. The molecule has 0 aliphatic carbocycles. The molecule has 3 N–H and O–H groups in total. The van der Waals surface area contributed by atoms with E-state index in [1.165, 1.54) is 0 Å². The second-order valence-electron chi connectivity index (χ2n) is 3.69. The lowest BCUT2D eigenvalue weighted by Gasteiger charge is -2.14. The highest BCUT2D eigenvalue weighted by Crippen LogP contribution is 2.31. The van der Waals surface area contributed by atoms with Crippen molar-refractivity contribution in [2.24, 2.45) is 5.73 Å². The van der Waals surface area contributed by atoms with E-state index in [0.29, 0.717) is 36.8 Å². The van der Waals surface area contributed by atoms with Crippen molar-refractivity contribution in [1.29, 1.82) is 0 Å². The van der Waals surface area contributed by atoms with Gasteiger partial charge in [0.05, 0.1) is 19.3 Å². The fourth-order valence-electron chi connectivity index (χ4n) is 1.52. The zero-order chi connectivity index (χ0) is 13.4. The molecule has 0 atom stereocenters. The molecule has 5 heteroatoms. The van der Waals surface area contributed by atoms with Crippen molar-refractivity contribution in [2.75, 3.05) is 26.8 Å². The van der Waals surface area contributed by atoms with E-state index in [9.17, 15) is 4.79 Å². The molecular formula is C13H20N2O3. The van der Waals surface area contributed by atoms with Crippen molar-refractivity contribution in [2.45, 2.75) is 13.3 Å². The molecule has 0 bridgehead atoms. The van der Waals surface area contributed by atoms with Crippen molar-refractivity contribution >= 4 is 5.91 Å². The van der Waals surface area contributed by atoms with Gasteiger partial charge in [0.1, 0.15) is 0 Å². The molecule has 1 aromatic carbocycles. The molecule has 0 fully saturated rings. The van der Waals surface area contributed by atoms with Gasteiger partial charge in [-0.15, -0.1) is 0 Å². The number of hydrogen-bond acceptors (Lipinski definition) is 4. The maximum Gasteiger partial charge on any atom is 0.255 e. The molecule has 0 saturated heterocycles. The molecule has 5 nitrogen and oxygen atoms in total. The number of nitrogens with one attached hydrogen (secondary N) is 1. The lowest BCUT2D eigenvalue weighted by molar-refractivity contribution is 0.0951. The summed E-state index contributed by atoms with van der Waals surface area (Å²) in [6.07, 6.45) is 0.729. The third-order valence-corrected chi connectivity index (χ3v) is 2.38. The number of para-hydroxylation sites is 1. The maximum absolute atomic E-state index is 11.9. The standard InChI is InChI=1S/C13H20N2O3/c1-3-15-13(16)10-6-4-7-11(17-2)12(10)18-9-5-8-14/h4,6-7H,3,5,8-9,14H2,1-2H3,(H,15,16). The first-order valence-corrected chi connectivity index (χ1v) is 6.02. The van der Waals surface area contributed by atoms with E-state index in [4.69, 9.17) is 15.2 Å². The third kappa shape index (κ3) is 3.63. The topological polar surface area (TPSA) is 73.6 Å². The second-order valence-corrected chi connectivity index (χ2v) is 3.69. The summed E-state index contributed by atoms with van der Waals surface area (Å²) in [6.45, 7) is 3.44. The van der Waals surface area contributed by atoms with Gasteiger partial charge >= 0.3 is 0 Å². The summed E-state index contributed by atoms with van der Waals surface area (Å²) in [6, 6.07) is 5.24. The molecule has 0 spiro atoms. The van der Waals surface area contributed by atoms with Gasteiger partial charge in [0, 0.05) is 6.54 Å². The van der Waals surface area contributed by atoms with Gasteiger partial charge in [0.2, 0.25) is 0 Å². The van der Waals surface area contributed by atoms with Crippen molar-refractivity contribution in [3.63, 3.8) is 0 Å². The van der Waals surface area contributed by atoms with Crippen LogP contribution in [0, 0.1) is 0 Å². The molecule has 0 radical (unpaired) electrons. The summed E-state index contributed by atoms with van der Waals surface area (Å²) in [7, 11) is 1.55. The minimum Gasteiger partial charge on any atom is -0.493 e. The highest BCUT2D eigenvalue weighted by Gasteiger charge is 2.16. The van der Waals surface area contributed by atoms with Crippen LogP contribution in [0.2, 0.25) is 0 Å². The molecule has 0 aliphatic rings. The van der Waals surface area contributed by atoms with Crippen LogP contribution in [0.15, 0.2) is 18.2 Å². The quantitative estimate of drug-likeness (QED) is 0.714. The van der Waals surface area contributed by atoms with Crippen LogP contribution in [0.4, 0.5) is 0 Å². The van der Waals surface area contributed by atoms with Gasteiger partial charge in [-0.25, -0.2) is 0 Å². The smallest absolute Gasteiger partial charge is 0.255 e. The Morgan fingerprint density at radius 2 is 2.22 bits per heavy atom. The van der Waals surface area contributed by atoms with Gasteiger partial charge in [-0.05, 0) is 32.0 Å². The number of carbonyl (C=O) groups is 1. The fraction of sp³-hybridized carbons (Fsp3) is 0.462. The van der Waals surface area contributed by atoms with Gasteiger partial charge in [-0.1, -0.05) is 6.07 Å². The zero-order valence-electron chi connectivity index (χ0n) is 10.9. The Morgan fingerprint density at radius 1 is 1.44 bits per heavy atom. The van der Waals surface area contributed by atoms with Crippen LogP contribution in [0.1, 0.15) is 23.7 Å². The number of amides is 1. The molecule has 0 heterocycles. The van der Waals surface area contributed by atoms with Gasteiger partial charge in [-0.2, -0.15) is 0 Å². The summed E-state index contributed by atoms with van der Waals surface area (Å²) >= 11 is 0. The molecule has 1 aromatic rings. The highest BCUT2D eigenvalue weighted by molar-refractivity contribution is 5.97. The third-order valence-electron chi connectivity index (χ3n) is 2.38. The van der Waals surface area contributed by atoms with E-state index in [-0.39, 0.29) is 5.91 Å². The first-order chi connectivity index (χ1) is 8.74. The Hall–Kier alpha value is -1.75. The number of nitrogens with two attached hydrogens (primary N) is 1. The maximum atomic E-state index is 11.9. The van der Waals surface area contributed by atoms with Crippen molar-refractivity contribution in [1.82, 2.24) is 5.32 Å². The monoisotopic (exact) mass is 252 g/mol. The van der Waals surface area contributed by atoms with Crippen LogP contribution in [0.5, 0.6) is 11.5 Å². The summed E-state index contributed by atoms with van der Waals surface area (Å²) in [5.74, 6) is 0.856. The normalized spacial score (nSPS) is 9.94. The second kappa shape index (κ2) is 7.55. The Kier molecular flexibility index (Phi) is 6.00. The molecule has 1 amide bonds. The lowest BCUT2D eigenvalue weighted by atomic mass is 10.1. The van der Waals surface area contributed by atoms with Crippen LogP contribution in [-0.2, 0) is 0 Å². The summed E-state index contributed by atoms with van der Waals surface area (Å²) in [5, 5.41) is 2.74. The van der Waals surface area contributed by atoms with Gasteiger partial charge in [0.15, 0.2) is 11.5 Å². The molecule has 0 saturated carbocycles. The zero-order valence-corrected chi connectivity index (χ0v) is 10.9. The van der Waals surface area contributed by atoms with Gasteiger partial charge in [0.25, 0.3) is 5.91 Å². The first-order valence-electron chi connectivity index (χ1n) is 6.02. The molecular weight excluding hydrogens is 232 g/mol. The van der Waals surface area contributed by atoms with E-state index >= 15 is 0 Å². The van der Waals surface area contributed by atoms with Crippen molar-refractivity contribution in [3.05, 3.63) is 23.8 Å². The molecule has 0 aliphatic heterocycles. The Labute approximate surface area is 107 Å². The van der Waals surface area contributed by atoms with Crippen LogP contribution < -0.4 is 20.5 Å². The number of ether oxygens (including phenoxy) is 2. The molecule has 0 aromatic heterocycles. The van der Waals surface area contributed by atoms with E-state index in [2.05, 4.69) is 5.32 Å². The van der Waals surface area contributed by atoms with E-state index in [0.717, 1.165) is 6.42 Å². The van der Waals surface area contributed by atoms with Crippen LogP contribution in [0.25, 0.3) is 0 Å². The van der Waals surface area contributed by atoms with Crippen LogP contribution >= 0.6 is 0 Å². The summed E-state index contributed by atoms with van der Waals surface area (Å²) < 4.78 is 10.8. The van der Waals surface area contributed by atoms with Crippen LogP contribution in [-0.4, -0.2) is 32.7 Å². The summed E-state index contributed by atoms with van der Waals surface area (Å²) in [5.41, 5.74) is 5.90. The number of methoxy groups -OCH3 is 1. The van der Waals surface area contributed by atoms with Gasteiger partial charge < -0.3 is 20.5 Å². The minimum atomic E-state index is -0.167. The predicted molar refractivity (Wildman–Crippen MR) is 70.2 cm³/mol. The molecule has 1 rings (SSSR count). The van der Waals surface area contributed by atoms with E-state index in [1.807, 2.05) is 6.92 Å². The lowest BCUT2D eigenvalue weighted by Crippen LogP contribution is -2.23. The summed E-state index contributed by atoms with van der Waals surface area (Å²) in [4.78, 5) is 11.9. The van der Waals surface area contributed by atoms with Gasteiger partial charge in [-0.3, -0.25) is 4.79 Å². The van der Waals surface area contributed by atoms with Crippen molar-refractivity contribution < 1.29 is 14.3 Å². The number of carbonyl (C=O) groups excluding carboxylic acids is 1. The van der Waals surface area contributed by atoms with Crippen molar-refractivity contribution in [3.8, 4) is 11.5 Å². The van der Waals surface area contributed by atoms with Crippen LogP contribution in [0.3, 0.4) is 0 Å². The Balaban J connectivity index is 2.96. The molecule has 100 valence electrons.